The Balaban J connectivity index is 0.00000841. The maximum Gasteiger partial charge on any atom is 0.422 e. The molecule has 2 N–H and O–H groups in total. The van der Waals surface area contributed by atoms with Crippen molar-refractivity contribution >= 4 is 29.9 Å². The number of hydrogen-bond acceptors (Lipinski definition) is 4. The summed E-state index contributed by atoms with van der Waals surface area (Å²) in [5, 5.41) is 6.58. The Kier molecular flexibility index (Phi) is 14.8. The molecule has 1 unspecified atom stereocenters. The van der Waals surface area contributed by atoms with Crippen LogP contribution in [0.25, 0.3) is 0 Å². The van der Waals surface area contributed by atoms with Crippen LogP contribution in [-0.4, -0.2) is 60.8 Å². The number of nitrogens with zero attached hydrogens (tertiary/aromatic N) is 3. The molecule has 1 heterocycles. The highest BCUT2D eigenvalue weighted by Gasteiger charge is 2.28. The van der Waals surface area contributed by atoms with Gasteiger partial charge in [-0.3, -0.25) is 0 Å². The number of pyridine rings is 1. The minimum atomic E-state index is -4.39. The lowest BCUT2D eigenvalue weighted by Crippen LogP contribution is -2.42. The summed E-state index contributed by atoms with van der Waals surface area (Å²) < 4.78 is 41.5. The zero-order valence-corrected chi connectivity index (χ0v) is 20.6. The van der Waals surface area contributed by atoms with E-state index in [1.807, 2.05) is 6.92 Å². The van der Waals surface area contributed by atoms with E-state index in [0.717, 1.165) is 38.0 Å². The first-order valence-corrected chi connectivity index (χ1v) is 10.2. The topological polar surface area (TPSA) is 61.8 Å². The van der Waals surface area contributed by atoms with Crippen molar-refractivity contribution in [3.8, 4) is 5.88 Å². The van der Waals surface area contributed by atoms with Crippen molar-refractivity contribution in [1.82, 2.24) is 20.5 Å². The number of nitrogens with one attached hydrogen (secondary N) is 2. The van der Waals surface area contributed by atoms with Gasteiger partial charge in [0.25, 0.3) is 0 Å². The van der Waals surface area contributed by atoms with E-state index in [9.17, 15) is 13.2 Å². The van der Waals surface area contributed by atoms with Crippen molar-refractivity contribution in [3.63, 3.8) is 0 Å². The Morgan fingerprint density at radius 2 is 1.97 bits per heavy atom. The number of hydrogen-bond donors (Lipinski definition) is 2. The molecule has 0 bridgehead atoms. The smallest absolute Gasteiger partial charge is 0.422 e. The SMILES string of the molecule is CCNC(=NCc1ccnc(OCC(F)(F)F)c1)NC(C)CCCN(CC)CC.I. The zero-order chi connectivity index (χ0) is 21.7. The summed E-state index contributed by atoms with van der Waals surface area (Å²) in [5.41, 5.74) is 0.726. The van der Waals surface area contributed by atoms with Gasteiger partial charge in [-0.15, -0.1) is 24.0 Å². The summed E-state index contributed by atoms with van der Waals surface area (Å²) in [6.07, 6.45) is -0.850. The average Bonchev–Trinajstić information content (AvgIpc) is 2.68. The number of aliphatic imine (C=N–C) groups is 1. The summed E-state index contributed by atoms with van der Waals surface area (Å²) >= 11 is 0. The van der Waals surface area contributed by atoms with E-state index in [1.54, 1.807) is 6.07 Å². The average molecular weight is 545 g/mol. The number of halogens is 4. The van der Waals surface area contributed by atoms with Crippen LogP contribution in [0.5, 0.6) is 5.88 Å². The summed E-state index contributed by atoms with van der Waals surface area (Å²) in [7, 11) is 0. The van der Waals surface area contributed by atoms with Crippen LogP contribution in [-0.2, 0) is 6.54 Å². The molecular weight excluding hydrogens is 510 g/mol. The fraction of sp³-hybridized carbons (Fsp3) is 0.700. The standard InChI is InChI=1S/C20H34F3N5O.HI/c1-5-24-19(27-16(4)9-8-12-28(6-2)7-3)26-14-17-10-11-25-18(13-17)29-15-20(21,22)23;/h10-11,13,16H,5-9,12,14-15H2,1-4H3,(H2,24,26,27);1H. The van der Waals surface area contributed by atoms with Crippen LogP contribution in [0.2, 0.25) is 0 Å². The minimum absolute atomic E-state index is 0. The van der Waals surface area contributed by atoms with Gasteiger partial charge in [-0.05, 0) is 58.0 Å². The van der Waals surface area contributed by atoms with Crippen molar-refractivity contribution in [1.29, 1.82) is 0 Å². The van der Waals surface area contributed by atoms with Crippen molar-refractivity contribution in [3.05, 3.63) is 23.9 Å². The Hall–Kier alpha value is -1.30. The fourth-order valence-corrected chi connectivity index (χ4v) is 2.74. The van der Waals surface area contributed by atoms with Gasteiger partial charge < -0.3 is 20.3 Å². The number of rotatable bonds is 12. The molecule has 0 saturated heterocycles. The number of guanidine groups is 1. The molecule has 30 heavy (non-hydrogen) atoms. The Morgan fingerprint density at radius 1 is 1.27 bits per heavy atom. The molecule has 0 aromatic carbocycles. The van der Waals surface area contributed by atoms with Gasteiger partial charge in [0.05, 0.1) is 6.54 Å². The third kappa shape index (κ3) is 13.1. The second-order valence-electron chi connectivity index (χ2n) is 6.82. The molecule has 0 radical (unpaired) electrons. The van der Waals surface area contributed by atoms with E-state index in [2.05, 4.69) is 46.3 Å². The quantitative estimate of drug-likeness (QED) is 0.234. The first-order valence-electron chi connectivity index (χ1n) is 10.2. The molecule has 0 aliphatic carbocycles. The van der Waals surface area contributed by atoms with E-state index in [1.165, 1.54) is 12.3 Å². The van der Waals surface area contributed by atoms with Crippen LogP contribution in [0.1, 0.15) is 46.1 Å². The van der Waals surface area contributed by atoms with Gasteiger partial charge in [-0.25, -0.2) is 9.98 Å². The lowest BCUT2D eigenvalue weighted by atomic mass is 10.2. The van der Waals surface area contributed by atoms with Crippen LogP contribution in [0, 0.1) is 0 Å². The molecule has 0 spiro atoms. The Labute approximate surface area is 195 Å². The molecule has 0 saturated carbocycles. The van der Waals surface area contributed by atoms with Gasteiger partial charge in [0.15, 0.2) is 12.6 Å². The first-order chi connectivity index (χ1) is 13.8. The molecule has 174 valence electrons. The highest BCUT2D eigenvalue weighted by atomic mass is 127. The monoisotopic (exact) mass is 545 g/mol. The predicted octanol–water partition coefficient (Wildman–Crippen LogP) is 4.21. The van der Waals surface area contributed by atoms with Gasteiger partial charge >= 0.3 is 6.18 Å². The van der Waals surface area contributed by atoms with Crippen molar-refractivity contribution in [2.45, 2.75) is 59.3 Å². The van der Waals surface area contributed by atoms with E-state index < -0.39 is 12.8 Å². The third-order valence-electron chi connectivity index (χ3n) is 4.34. The van der Waals surface area contributed by atoms with Crippen LogP contribution >= 0.6 is 24.0 Å². The molecule has 0 amide bonds. The summed E-state index contributed by atoms with van der Waals surface area (Å²) in [5.74, 6) is 0.621. The second kappa shape index (κ2) is 15.5. The van der Waals surface area contributed by atoms with Crippen molar-refractivity contribution in [2.75, 3.05) is 32.8 Å². The molecule has 1 aromatic rings. The van der Waals surface area contributed by atoms with Gasteiger partial charge in [0.1, 0.15) is 0 Å². The molecule has 0 aliphatic heterocycles. The fourth-order valence-electron chi connectivity index (χ4n) is 2.74. The summed E-state index contributed by atoms with van der Waals surface area (Å²) in [6.45, 7) is 11.3. The zero-order valence-electron chi connectivity index (χ0n) is 18.3. The molecule has 6 nitrogen and oxygen atoms in total. The molecule has 0 fully saturated rings. The third-order valence-corrected chi connectivity index (χ3v) is 4.34. The molecular formula is C20H35F3IN5O. The largest absolute Gasteiger partial charge is 0.468 e. The first kappa shape index (κ1) is 28.7. The Morgan fingerprint density at radius 3 is 2.57 bits per heavy atom. The lowest BCUT2D eigenvalue weighted by Gasteiger charge is -2.21. The highest BCUT2D eigenvalue weighted by molar-refractivity contribution is 14.0. The minimum Gasteiger partial charge on any atom is -0.468 e. The van der Waals surface area contributed by atoms with Crippen LogP contribution < -0.4 is 15.4 Å². The second-order valence-corrected chi connectivity index (χ2v) is 6.82. The molecule has 1 aromatic heterocycles. The molecule has 1 rings (SSSR count). The number of aromatic nitrogens is 1. The van der Waals surface area contributed by atoms with Gasteiger partial charge in [0, 0.05) is 24.8 Å². The van der Waals surface area contributed by atoms with Crippen molar-refractivity contribution in [2.24, 2.45) is 4.99 Å². The summed E-state index contributed by atoms with van der Waals surface area (Å²) in [6, 6.07) is 3.44. The van der Waals surface area contributed by atoms with E-state index in [-0.39, 0.29) is 35.9 Å². The maximum atomic E-state index is 12.3. The van der Waals surface area contributed by atoms with Gasteiger partial charge in [0.2, 0.25) is 5.88 Å². The lowest BCUT2D eigenvalue weighted by molar-refractivity contribution is -0.154. The van der Waals surface area contributed by atoms with Crippen molar-refractivity contribution < 1.29 is 17.9 Å². The van der Waals surface area contributed by atoms with E-state index >= 15 is 0 Å². The maximum absolute atomic E-state index is 12.3. The van der Waals surface area contributed by atoms with Gasteiger partial charge in [-0.2, -0.15) is 13.2 Å². The number of ether oxygens (including phenoxy) is 1. The van der Waals surface area contributed by atoms with Crippen LogP contribution in [0.15, 0.2) is 23.3 Å². The van der Waals surface area contributed by atoms with E-state index in [4.69, 9.17) is 4.74 Å². The molecule has 10 heteroatoms. The summed E-state index contributed by atoms with van der Waals surface area (Å²) in [4.78, 5) is 10.7. The van der Waals surface area contributed by atoms with Gasteiger partial charge in [-0.1, -0.05) is 13.8 Å². The normalized spacial score (nSPS) is 13.0. The molecule has 1 atom stereocenters. The number of alkyl halides is 3. The molecule has 0 aliphatic rings. The van der Waals surface area contributed by atoms with Crippen LogP contribution in [0.4, 0.5) is 13.2 Å². The predicted molar refractivity (Wildman–Crippen MR) is 126 cm³/mol. The van der Waals surface area contributed by atoms with Crippen LogP contribution in [0.3, 0.4) is 0 Å². The highest BCUT2D eigenvalue weighted by Crippen LogP contribution is 2.17. The van der Waals surface area contributed by atoms with E-state index in [0.29, 0.717) is 19.0 Å². The Bertz CT molecular complexity index is 612.